The van der Waals surface area contributed by atoms with Crippen LogP contribution in [0.3, 0.4) is 0 Å². The van der Waals surface area contributed by atoms with Gasteiger partial charge in [-0.05, 0) is 24.3 Å². The summed E-state index contributed by atoms with van der Waals surface area (Å²) in [4.78, 5) is 15.2. The van der Waals surface area contributed by atoms with Crippen LogP contribution in [-0.2, 0) is 24.0 Å². The maximum atomic E-state index is 10.9. The number of nitrogens with zero attached hydrogens (tertiary/aromatic N) is 4. The largest absolute Gasteiger partial charge is 0.440 e. The molecule has 0 saturated carbocycles. The van der Waals surface area contributed by atoms with E-state index < -0.39 is 0 Å². The first-order valence-electron chi connectivity index (χ1n) is 7.53. The van der Waals surface area contributed by atoms with Gasteiger partial charge in [0, 0.05) is 30.5 Å². The molecular weight excluding hydrogens is 362 g/mol. The summed E-state index contributed by atoms with van der Waals surface area (Å²) in [6, 6.07) is 7.38. The zero-order valence-corrected chi connectivity index (χ0v) is 15.0. The molecule has 9 heteroatoms. The van der Waals surface area contributed by atoms with Crippen LogP contribution in [-0.4, -0.2) is 25.7 Å². The smallest absolute Gasteiger partial charge is 0.217 e. The van der Waals surface area contributed by atoms with Crippen LogP contribution in [0, 0.1) is 0 Å². The second kappa shape index (κ2) is 7.71. The molecule has 130 valence electrons. The number of hydrogen-bond donors (Lipinski definition) is 1. The van der Waals surface area contributed by atoms with E-state index in [0.29, 0.717) is 28.8 Å². The summed E-state index contributed by atoms with van der Waals surface area (Å²) in [6.07, 6.45) is 2.41. The molecule has 0 atom stereocenters. The quantitative estimate of drug-likeness (QED) is 0.635. The number of aromatic nitrogens is 4. The van der Waals surface area contributed by atoms with Gasteiger partial charge in [0.2, 0.25) is 11.8 Å². The molecule has 1 aromatic carbocycles. The monoisotopic (exact) mass is 377 g/mol. The van der Waals surface area contributed by atoms with E-state index in [9.17, 15) is 4.79 Å². The van der Waals surface area contributed by atoms with Gasteiger partial charge < -0.3 is 14.7 Å². The summed E-state index contributed by atoms with van der Waals surface area (Å²) in [6.45, 7) is 0. The third-order valence-electron chi connectivity index (χ3n) is 3.53. The summed E-state index contributed by atoms with van der Waals surface area (Å²) in [7, 11) is 1.85. The third-order valence-corrected chi connectivity index (χ3v) is 4.78. The van der Waals surface area contributed by atoms with E-state index in [0.717, 1.165) is 16.5 Å². The molecule has 0 fully saturated rings. The van der Waals surface area contributed by atoms with E-state index in [4.69, 9.17) is 21.8 Å². The molecule has 3 aromatic rings. The highest BCUT2D eigenvalue weighted by Crippen LogP contribution is 2.26. The Bertz CT molecular complexity index is 875. The van der Waals surface area contributed by atoms with Crippen LogP contribution in [0.4, 0.5) is 0 Å². The number of rotatable bonds is 7. The first-order valence-corrected chi connectivity index (χ1v) is 8.89. The van der Waals surface area contributed by atoms with E-state index in [-0.39, 0.29) is 12.3 Å². The van der Waals surface area contributed by atoms with E-state index in [2.05, 4.69) is 15.2 Å². The molecular formula is C16H16ClN5O2S. The number of primary amides is 1. The van der Waals surface area contributed by atoms with Gasteiger partial charge in [-0.25, -0.2) is 4.98 Å². The molecule has 0 aliphatic rings. The number of carbonyl (C=O) groups is 1. The molecule has 3 rings (SSSR count). The van der Waals surface area contributed by atoms with Gasteiger partial charge in [-0.15, -0.1) is 10.2 Å². The van der Waals surface area contributed by atoms with Gasteiger partial charge in [0.15, 0.2) is 10.9 Å². The van der Waals surface area contributed by atoms with Crippen molar-refractivity contribution in [3.8, 4) is 11.3 Å². The number of amides is 1. The number of thioether (sulfide) groups is 1. The van der Waals surface area contributed by atoms with Crippen LogP contribution < -0.4 is 5.73 Å². The second-order valence-electron chi connectivity index (χ2n) is 5.34. The number of hydrogen-bond acceptors (Lipinski definition) is 6. The molecule has 0 saturated heterocycles. The first kappa shape index (κ1) is 17.5. The van der Waals surface area contributed by atoms with Crippen molar-refractivity contribution in [3.63, 3.8) is 0 Å². The van der Waals surface area contributed by atoms with Crippen molar-refractivity contribution in [1.82, 2.24) is 19.7 Å². The van der Waals surface area contributed by atoms with Crippen LogP contribution in [0.5, 0.6) is 0 Å². The lowest BCUT2D eigenvalue weighted by molar-refractivity contribution is -0.118. The number of benzene rings is 1. The van der Waals surface area contributed by atoms with Crippen LogP contribution in [0.15, 0.2) is 40.0 Å². The highest BCUT2D eigenvalue weighted by molar-refractivity contribution is 7.98. The standard InChI is InChI=1S/C16H16ClN5O2S/c1-22-14(7-6-13(18)23)20-21-16(22)25-9-15-19-8-12(24-15)10-2-4-11(17)5-3-10/h2-5,8H,6-7,9H2,1H3,(H2,18,23). The number of aryl methyl sites for hydroxylation is 1. The van der Waals surface area contributed by atoms with Crippen LogP contribution in [0.1, 0.15) is 18.1 Å². The van der Waals surface area contributed by atoms with Crippen LogP contribution in [0.2, 0.25) is 5.02 Å². The van der Waals surface area contributed by atoms with Crippen molar-refractivity contribution in [3.05, 3.63) is 47.2 Å². The Morgan fingerprint density at radius 3 is 2.80 bits per heavy atom. The molecule has 2 aromatic heterocycles. The van der Waals surface area contributed by atoms with Gasteiger partial charge in [0.25, 0.3) is 0 Å². The number of carbonyl (C=O) groups excluding carboxylic acids is 1. The second-order valence-corrected chi connectivity index (χ2v) is 6.72. The molecule has 0 aliphatic carbocycles. The first-order chi connectivity index (χ1) is 12.0. The summed E-state index contributed by atoms with van der Waals surface area (Å²) < 4.78 is 7.61. The molecule has 0 aliphatic heterocycles. The minimum atomic E-state index is -0.355. The van der Waals surface area contributed by atoms with Crippen molar-refractivity contribution in [1.29, 1.82) is 0 Å². The zero-order valence-electron chi connectivity index (χ0n) is 13.5. The van der Waals surface area contributed by atoms with E-state index >= 15 is 0 Å². The Kier molecular flexibility index (Phi) is 5.40. The number of halogens is 1. The Labute approximate surface area is 153 Å². The average molecular weight is 378 g/mol. The van der Waals surface area contributed by atoms with Crippen molar-refractivity contribution < 1.29 is 9.21 Å². The van der Waals surface area contributed by atoms with Crippen LogP contribution in [0.25, 0.3) is 11.3 Å². The van der Waals surface area contributed by atoms with Crippen molar-refractivity contribution in [2.75, 3.05) is 0 Å². The zero-order chi connectivity index (χ0) is 17.8. The molecule has 2 heterocycles. The fraction of sp³-hybridized carbons (Fsp3) is 0.250. The van der Waals surface area contributed by atoms with Gasteiger partial charge in [0.1, 0.15) is 5.82 Å². The summed E-state index contributed by atoms with van der Waals surface area (Å²) >= 11 is 7.35. The van der Waals surface area contributed by atoms with Gasteiger partial charge in [-0.3, -0.25) is 4.79 Å². The normalized spacial score (nSPS) is 11.0. The summed E-state index contributed by atoms with van der Waals surface area (Å²) in [5.74, 6) is 2.17. The maximum Gasteiger partial charge on any atom is 0.217 e. The van der Waals surface area contributed by atoms with Crippen molar-refractivity contribution in [2.45, 2.75) is 23.8 Å². The molecule has 25 heavy (non-hydrogen) atoms. The predicted octanol–water partition coefficient (Wildman–Crippen LogP) is 2.83. The minimum Gasteiger partial charge on any atom is -0.440 e. The van der Waals surface area contributed by atoms with E-state index in [1.165, 1.54) is 11.8 Å². The predicted molar refractivity (Wildman–Crippen MR) is 95.0 cm³/mol. The van der Waals surface area contributed by atoms with E-state index in [1.807, 2.05) is 23.7 Å². The van der Waals surface area contributed by atoms with Gasteiger partial charge >= 0.3 is 0 Å². The maximum absolute atomic E-state index is 10.9. The highest BCUT2D eigenvalue weighted by atomic mass is 35.5. The lowest BCUT2D eigenvalue weighted by atomic mass is 10.2. The van der Waals surface area contributed by atoms with Gasteiger partial charge in [-0.1, -0.05) is 23.4 Å². The van der Waals surface area contributed by atoms with Gasteiger partial charge in [0.05, 0.1) is 11.9 Å². The third kappa shape index (κ3) is 4.40. The number of oxazole rings is 1. The Balaban J connectivity index is 1.63. The lowest BCUT2D eigenvalue weighted by Crippen LogP contribution is -2.12. The molecule has 0 radical (unpaired) electrons. The molecule has 0 unspecified atom stereocenters. The minimum absolute atomic E-state index is 0.251. The highest BCUT2D eigenvalue weighted by Gasteiger charge is 2.12. The molecule has 1 amide bonds. The number of nitrogens with two attached hydrogens (primary N) is 1. The fourth-order valence-corrected chi connectivity index (χ4v) is 3.08. The molecule has 0 bridgehead atoms. The average Bonchev–Trinajstić information content (AvgIpc) is 3.19. The van der Waals surface area contributed by atoms with Crippen LogP contribution >= 0.6 is 23.4 Å². The molecule has 7 nitrogen and oxygen atoms in total. The fourth-order valence-electron chi connectivity index (χ4n) is 2.17. The molecule has 2 N–H and O–H groups in total. The van der Waals surface area contributed by atoms with Crippen molar-refractivity contribution >= 4 is 29.3 Å². The van der Waals surface area contributed by atoms with E-state index in [1.54, 1.807) is 18.3 Å². The Hall–Kier alpha value is -2.32. The SMILES string of the molecule is Cn1c(CCC(N)=O)nnc1SCc1ncc(-c2ccc(Cl)cc2)o1. The Morgan fingerprint density at radius 1 is 1.32 bits per heavy atom. The lowest BCUT2D eigenvalue weighted by Gasteiger charge is -2.01. The van der Waals surface area contributed by atoms with Gasteiger partial charge in [-0.2, -0.15) is 0 Å². The summed E-state index contributed by atoms with van der Waals surface area (Å²) in [5, 5.41) is 9.61. The molecule has 0 spiro atoms. The Morgan fingerprint density at radius 2 is 2.08 bits per heavy atom. The summed E-state index contributed by atoms with van der Waals surface area (Å²) in [5.41, 5.74) is 6.08. The topological polar surface area (TPSA) is 99.8 Å². The van der Waals surface area contributed by atoms with Crippen molar-refractivity contribution in [2.24, 2.45) is 12.8 Å².